The van der Waals surface area contributed by atoms with Gasteiger partial charge >= 0.3 is 0 Å². The average molecular weight is 223 g/mol. The van der Waals surface area contributed by atoms with E-state index in [1.165, 1.54) is 0 Å². The molecule has 1 aliphatic rings. The molecule has 0 saturated carbocycles. The minimum absolute atomic E-state index is 0.0409. The number of nitrogen functional groups attached to an aromatic ring is 1. The number of anilines is 1. The lowest BCUT2D eigenvalue weighted by atomic mass is 10.4. The van der Waals surface area contributed by atoms with Crippen molar-refractivity contribution in [1.82, 2.24) is 19.9 Å². The Bertz CT molecular complexity index is 583. The third kappa shape index (κ3) is 1.35. The van der Waals surface area contributed by atoms with E-state index in [-0.39, 0.29) is 30.1 Å². The van der Waals surface area contributed by atoms with Crippen LogP contribution in [0.25, 0.3) is 11.2 Å². The second-order valence-electron chi connectivity index (χ2n) is 3.42. The molecule has 0 aliphatic carbocycles. The summed E-state index contributed by atoms with van der Waals surface area (Å²) < 4.78 is 10.3. The normalized spacial score (nSPS) is 20.6. The smallest absolute Gasteiger partial charge is 0.278 e. The number of hydrogen-bond acceptors (Lipinski definition) is 6. The Hall–Kier alpha value is -1.93. The van der Waals surface area contributed by atoms with Crippen LogP contribution in [-0.4, -0.2) is 33.3 Å². The number of aromatic nitrogens is 4. The van der Waals surface area contributed by atoms with Gasteiger partial charge in [-0.15, -0.1) is 0 Å². The van der Waals surface area contributed by atoms with Gasteiger partial charge < -0.3 is 20.2 Å². The minimum atomic E-state index is -0.347. The number of H-pyrrole nitrogens is 2. The lowest BCUT2D eigenvalue weighted by Gasteiger charge is -2.00. The van der Waals surface area contributed by atoms with Crippen LogP contribution in [0, 0.1) is 0 Å². The van der Waals surface area contributed by atoms with E-state index in [0.717, 1.165) is 0 Å². The van der Waals surface area contributed by atoms with Crippen LogP contribution in [0.15, 0.2) is 4.79 Å². The van der Waals surface area contributed by atoms with Gasteiger partial charge in [-0.25, -0.2) is 4.98 Å². The Kier molecular flexibility index (Phi) is 1.91. The van der Waals surface area contributed by atoms with Crippen LogP contribution >= 0.6 is 0 Å². The fourth-order valence-electron chi connectivity index (χ4n) is 1.59. The second kappa shape index (κ2) is 3.29. The molecule has 1 fully saturated rings. The van der Waals surface area contributed by atoms with Crippen LogP contribution in [-0.2, 0) is 9.47 Å². The number of ether oxygens (including phenoxy) is 2. The predicted octanol–water partition coefficient (Wildman–Crippen LogP) is -0.726. The fourth-order valence-corrected chi connectivity index (χ4v) is 1.59. The van der Waals surface area contributed by atoms with E-state index in [2.05, 4.69) is 19.9 Å². The highest BCUT2D eigenvalue weighted by atomic mass is 16.7. The van der Waals surface area contributed by atoms with E-state index >= 15 is 0 Å². The number of nitrogens with two attached hydrogens (primary N) is 1. The Labute approximate surface area is 88.8 Å². The van der Waals surface area contributed by atoms with Gasteiger partial charge in [0.1, 0.15) is 18.7 Å². The molecule has 1 atom stereocenters. The number of aromatic amines is 2. The topological polar surface area (TPSA) is 119 Å². The Morgan fingerprint density at radius 2 is 2.25 bits per heavy atom. The van der Waals surface area contributed by atoms with Crippen LogP contribution in [0.1, 0.15) is 11.9 Å². The zero-order valence-electron chi connectivity index (χ0n) is 8.19. The van der Waals surface area contributed by atoms with E-state index in [1.54, 1.807) is 0 Å². The Morgan fingerprint density at radius 3 is 3.00 bits per heavy atom. The lowest BCUT2D eigenvalue weighted by molar-refractivity contribution is 0.0446. The average Bonchev–Trinajstić information content (AvgIpc) is 2.82. The van der Waals surface area contributed by atoms with Crippen molar-refractivity contribution in [3.8, 4) is 0 Å². The molecule has 1 unspecified atom stereocenters. The summed E-state index contributed by atoms with van der Waals surface area (Å²) in [6, 6.07) is 0. The van der Waals surface area contributed by atoms with Gasteiger partial charge in [0.05, 0.1) is 6.61 Å². The van der Waals surface area contributed by atoms with Gasteiger partial charge in [-0.2, -0.15) is 4.98 Å². The molecule has 0 spiro atoms. The van der Waals surface area contributed by atoms with Crippen LogP contribution in [0.2, 0.25) is 0 Å². The zero-order chi connectivity index (χ0) is 11.1. The number of nitrogens with one attached hydrogen (secondary N) is 2. The van der Waals surface area contributed by atoms with Gasteiger partial charge in [0, 0.05) is 0 Å². The number of fused-ring (bicyclic) bond motifs is 1. The molecule has 0 aromatic carbocycles. The molecule has 0 bridgehead atoms. The Balaban J connectivity index is 2.15. The van der Waals surface area contributed by atoms with Gasteiger partial charge in [-0.05, 0) is 0 Å². The van der Waals surface area contributed by atoms with E-state index in [9.17, 15) is 4.79 Å². The number of rotatable bonds is 1. The standard InChI is InChI=1S/C8H9N5O3/c9-8-12-6-4(7(14)13-8)10-5(11-6)3-1-15-2-16-3/h3H,1-2H2,(H4,9,10,11,12,13,14). The first-order valence-corrected chi connectivity index (χ1v) is 4.69. The van der Waals surface area contributed by atoms with Crippen molar-refractivity contribution in [3.05, 3.63) is 16.2 Å². The monoisotopic (exact) mass is 223 g/mol. The predicted molar refractivity (Wildman–Crippen MR) is 53.6 cm³/mol. The van der Waals surface area contributed by atoms with Gasteiger partial charge in [0.25, 0.3) is 5.56 Å². The van der Waals surface area contributed by atoms with Crippen LogP contribution < -0.4 is 11.3 Å². The van der Waals surface area contributed by atoms with E-state index in [4.69, 9.17) is 15.2 Å². The molecular weight excluding hydrogens is 214 g/mol. The first-order chi connectivity index (χ1) is 7.74. The maximum atomic E-state index is 11.5. The highest BCUT2D eigenvalue weighted by Crippen LogP contribution is 2.20. The fraction of sp³-hybridized carbons (Fsp3) is 0.375. The molecule has 2 aromatic rings. The van der Waals surface area contributed by atoms with Crippen molar-refractivity contribution in [2.45, 2.75) is 6.10 Å². The number of imidazole rings is 1. The molecule has 1 aliphatic heterocycles. The van der Waals surface area contributed by atoms with E-state index < -0.39 is 0 Å². The summed E-state index contributed by atoms with van der Waals surface area (Å²) in [7, 11) is 0. The van der Waals surface area contributed by atoms with E-state index in [1.807, 2.05) is 0 Å². The summed E-state index contributed by atoms with van der Waals surface area (Å²) in [5.74, 6) is 0.565. The summed E-state index contributed by atoms with van der Waals surface area (Å²) >= 11 is 0. The molecule has 84 valence electrons. The molecule has 2 aromatic heterocycles. The SMILES string of the molecule is Nc1nc2nc(C3COCO3)[nH]c2c(=O)[nH]1. The van der Waals surface area contributed by atoms with Gasteiger partial charge in [-0.1, -0.05) is 0 Å². The van der Waals surface area contributed by atoms with Gasteiger partial charge in [0.15, 0.2) is 11.2 Å². The summed E-state index contributed by atoms with van der Waals surface area (Å²) in [6.07, 6.45) is -0.283. The minimum Gasteiger partial charge on any atom is -0.369 e. The van der Waals surface area contributed by atoms with Gasteiger partial charge in [-0.3, -0.25) is 9.78 Å². The summed E-state index contributed by atoms with van der Waals surface area (Å²) in [6.45, 7) is 0.640. The molecule has 0 radical (unpaired) electrons. The third-order valence-electron chi connectivity index (χ3n) is 2.32. The zero-order valence-corrected chi connectivity index (χ0v) is 8.19. The molecule has 8 heteroatoms. The molecule has 0 amide bonds. The van der Waals surface area contributed by atoms with Crippen LogP contribution in [0.4, 0.5) is 5.95 Å². The molecular formula is C8H9N5O3. The molecule has 4 N–H and O–H groups in total. The summed E-state index contributed by atoms with van der Waals surface area (Å²) in [5.41, 5.74) is 5.64. The molecule has 1 saturated heterocycles. The van der Waals surface area contributed by atoms with Crippen molar-refractivity contribution in [2.24, 2.45) is 0 Å². The summed E-state index contributed by atoms with van der Waals surface area (Å²) in [5, 5.41) is 0. The molecule has 16 heavy (non-hydrogen) atoms. The van der Waals surface area contributed by atoms with Crippen molar-refractivity contribution in [1.29, 1.82) is 0 Å². The largest absolute Gasteiger partial charge is 0.369 e. The quantitative estimate of drug-likeness (QED) is 0.586. The van der Waals surface area contributed by atoms with Crippen LogP contribution in [0.5, 0.6) is 0 Å². The van der Waals surface area contributed by atoms with Crippen LogP contribution in [0.3, 0.4) is 0 Å². The second-order valence-corrected chi connectivity index (χ2v) is 3.42. The molecule has 8 nitrogen and oxygen atoms in total. The lowest BCUT2D eigenvalue weighted by Crippen LogP contribution is -2.11. The molecule has 3 rings (SSSR count). The van der Waals surface area contributed by atoms with Crippen molar-refractivity contribution < 1.29 is 9.47 Å². The number of hydrogen-bond donors (Lipinski definition) is 3. The van der Waals surface area contributed by atoms with Crippen molar-refractivity contribution in [2.75, 3.05) is 19.1 Å². The third-order valence-corrected chi connectivity index (χ3v) is 2.32. The Morgan fingerprint density at radius 1 is 1.38 bits per heavy atom. The highest BCUT2D eigenvalue weighted by molar-refractivity contribution is 5.70. The van der Waals surface area contributed by atoms with E-state index in [0.29, 0.717) is 17.9 Å². The summed E-state index contributed by atoms with van der Waals surface area (Å²) in [4.78, 5) is 24.8. The maximum absolute atomic E-state index is 11.5. The molecule has 3 heterocycles. The van der Waals surface area contributed by atoms with Crippen molar-refractivity contribution in [3.63, 3.8) is 0 Å². The van der Waals surface area contributed by atoms with Gasteiger partial charge in [0.2, 0.25) is 5.95 Å². The first kappa shape index (κ1) is 9.31. The van der Waals surface area contributed by atoms with Crippen molar-refractivity contribution >= 4 is 17.1 Å². The number of nitrogens with zero attached hydrogens (tertiary/aromatic N) is 2. The maximum Gasteiger partial charge on any atom is 0.278 e. The highest BCUT2D eigenvalue weighted by Gasteiger charge is 2.22. The first-order valence-electron chi connectivity index (χ1n) is 4.69.